The van der Waals surface area contributed by atoms with Crippen molar-refractivity contribution in [2.75, 3.05) is 5.73 Å². The zero-order valence-electron chi connectivity index (χ0n) is 10.1. The van der Waals surface area contributed by atoms with E-state index in [0.717, 1.165) is 16.3 Å². The summed E-state index contributed by atoms with van der Waals surface area (Å²) in [5, 5.41) is 9.70. The number of nitrogen functional groups attached to an aromatic ring is 1. The third-order valence-corrected chi connectivity index (χ3v) is 4.97. The van der Waals surface area contributed by atoms with Crippen LogP contribution in [0, 0.1) is 6.92 Å². The van der Waals surface area contributed by atoms with Gasteiger partial charge in [0.25, 0.3) is 0 Å². The minimum absolute atomic E-state index is 0.103. The van der Waals surface area contributed by atoms with Gasteiger partial charge in [-0.2, -0.15) is 0 Å². The molecule has 19 heavy (non-hydrogen) atoms. The molecule has 2 aromatic rings. The summed E-state index contributed by atoms with van der Waals surface area (Å²) in [4.78, 5) is 6.53. The van der Waals surface area contributed by atoms with Crippen LogP contribution in [-0.2, 0) is 0 Å². The Bertz CT molecular complexity index is 642. The van der Waals surface area contributed by atoms with Gasteiger partial charge in [-0.1, -0.05) is 17.4 Å². The first-order chi connectivity index (χ1) is 9.13. The highest BCUT2D eigenvalue weighted by Crippen LogP contribution is 2.31. The Labute approximate surface area is 124 Å². The Hall–Kier alpha value is -1.44. The highest BCUT2D eigenvalue weighted by molar-refractivity contribution is 7.80. The van der Waals surface area contributed by atoms with Crippen molar-refractivity contribution in [3.05, 3.63) is 39.0 Å². The molecule has 0 amide bonds. The minimum atomic E-state index is 0.103. The van der Waals surface area contributed by atoms with E-state index in [4.69, 9.17) is 18.0 Å². The molecule has 98 valence electrons. The molecule has 1 unspecified atom stereocenters. The standard InChI is InChI=1S/C12H12N4S3/c1-6-10(19-11(13)14-6)8-5-7(15-12(17)16-8)9-3-2-4-18-9/h2-5,7H,1H3,(H2,13,14)(H2,15,16,17). The molecule has 0 fully saturated rings. The monoisotopic (exact) mass is 308 g/mol. The fourth-order valence-electron chi connectivity index (χ4n) is 1.97. The average molecular weight is 308 g/mol. The summed E-state index contributed by atoms with van der Waals surface area (Å²) in [5.74, 6) is 0. The Morgan fingerprint density at radius 2 is 2.32 bits per heavy atom. The zero-order chi connectivity index (χ0) is 13.4. The molecule has 4 nitrogen and oxygen atoms in total. The lowest BCUT2D eigenvalue weighted by atomic mass is 10.1. The first-order valence-electron chi connectivity index (χ1n) is 5.69. The van der Waals surface area contributed by atoms with Crippen LogP contribution in [-0.4, -0.2) is 10.1 Å². The molecule has 1 aliphatic heterocycles. The second-order valence-electron chi connectivity index (χ2n) is 4.14. The van der Waals surface area contributed by atoms with Crippen LogP contribution in [0.15, 0.2) is 23.6 Å². The Morgan fingerprint density at radius 1 is 1.47 bits per heavy atom. The van der Waals surface area contributed by atoms with E-state index in [1.54, 1.807) is 11.3 Å². The highest BCUT2D eigenvalue weighted by Gasteiger charge is 2.21. The zero-order valence-corrected chi connectivity index (χ0v) is 12.6. The normalized spacial score (nSPS) is 18.7. The molecule has 0 radical (unpaired) electrons. The molecule has 3 rings (SSSR count). The number of nitrogens with one attached hydrogen (secondary N) is 2. The summed E-state index contributed by atoms with van der Waals surface area (Å²) in [7, 11) is 0. The van der Waals surface area contributed by atoms with E-state index in [1.165, 1.54) is 16.2 Å². The summed E-state index contributed by atoms with van der Waals surface area (Å²) >= 11 is 8.46. The molecule has 0 aromatic carbocycles. The Balaban J connectivity index is 2.00. The van der Waals surface area contributed by atoms with E-state index in [-0.39, 0.29) is 6.04 Å². The largest absolute Gasteiger partial charge is 0.375 e. The predicted octanol–water partition coefficient (Wildman–Crippen LogP) is 2.66. The van der Waals surface area contributed by atoms with Crippen LogP contribution in [0.1, 0.15) is 21.5 Å². The van der Waals surface area contributed by atoms with Crippen molar-refractivity contribution in [1.82, 2.24) is 15.6 Å². The van der Waals surface area contributed by atoms with Crippen molar-refractivity contribution in [2.24, 2.45) is 0 Å². The molecular formula is C12H12N4S3. The molecule has 1 aliphatic rings. The lowest BCUT2D eigenvalue weighted by molar-refractivity contribution is 0.780. The van der Waals surface area contributed by atoms with Gasteiger partial charge in [0.05, 0.1) is 22.3 Å². The third-order valence-electron chi connectivity index (χ3n) is 2.78. The van der Waals surface area contributed by atoms with E-state index in [9.17, 15) is 0 Å². The fraction of sp³-hybridized carbons (Fsp3) is 0.167. The first-order valence-corrected chi connectivity index (χ1v) is 7.80. The van der Waals surface area contributed by atoms with E-state index in [1.807, 2.05) is 13.0 Å². The van der Waals surface area contributed by atoms with Crippen molar-refractivity contribution >= 4 is 50.8 Å². The van der Waals surface area contributed by atoms with Gasteiger partial charge in [-0.3, -0.25) is 0 Å². The van der Waals surface area contributed by atoms with Crippen molar-refractivity contribution in [2.45, 2.75) is 13.0 Å². The van der Waals surface area contributed by atoms with E-state index >= 15 is 0 Å². The second kappa shape index (κ2) is 4.92. The number of thiazole rings is 1. The van der Waals surface area contributed by atoms with Crippen LogP contribution in [0.2, 0.25) is 0 Å². The molecule has 0 spiro atoms. The molecule has 3 heterocycles. The molecule has 1 atom stereocenters. The number of rotatable bonds is 2. The topological polar surface area (TPSA) is 63.0 Å². The summed E-state index contributed by atoms with van der Waals surface area (Å²) in [6, 6.07) is 4.24. The number of thiocarbonyl (C=S) groups is 1. The smallest absolute Gasteiger partial charge is 0.180 e. The number of thiophene rings is 1. The third kappa shape index (κ3) is 2.49. The predicted molar refractivity (Wildman–Crippen MR) is 85.2 cm³/mol. The molecule has 7 heteroatoms. The lowest BCUT2D eigenvalue weighted by Gasteiger charge is -2.24. The number of nitrogens with two attached hydrogens (primary N) is 1. The number of aryl methyl sites for hydroxylation is 1. The maximum Gasteiger partial charge on any atom is 0.180 e. The van der Waals surface area contributed by atoms with Crippen LogP contribution in [0.5, 0.6) is 0 Å². The summed E-state index contributed by atoms with van der Waals surface area (Å²) in [6.45, 7) is 1.95. The SMILES string of the molecule is Cc1nc(N)sc1C1=CC(c2cccs2)NC(=S)N1. The summed E-state index contributed by atoms with van der Waals surface area (Å²) in [6.07, 6.45) is 2.13. The van der Waals surface area contributed by atoms with E-state index < -0.39 is 0 Å². The van der Waals surface area contributed by atoms with Gasteiger partial charge in [0.1, 0.15) is 0 Å². The fourth-order valence-corrected chi connectivity index (χ4v) is 3.77. The van der Waals surface area contributed by atoms with Crippen LogP contribution >= 0.6 is 34.9 Å². The molecule has 0 bridgehead atoms. The van der Waals surface area contributed by atoms with Gasteiger partial charge in [-0.25, -0.2) is 4.98 Å². The number of hydrogen-bond donors (Lipinski definition) is 3. The number of hydrogen-bond acceptors (Lipinski definition) is 5. The van der Waals surface area contributed by atoms with E-state index in [2.05, 4.69) is 33.1 Å². The van der Waals surface area contributed by atoms with E-state index in [0.29, 0.717) is 10.2 Å². The molecule has 2 aromatic heterocycles. The highest BCUT2D eigenvalue weighted by atomic mass is 32.1. The van der Waals surface area contributed by atoms with Crippen molar-refractivity contribution in [3.8, 4) is 0 Å². The van der Waals surface area contributed by atoms with Gasteiger partial charge in [-0.15, -0.1) is 11.3 Å². The van der Waals surface area contributed by atoms with Crippen LogP contribution in [0.4, 0.5) is 5.13 Å². The quantitative estimate of drug-likeness (QED) is 0.745. The van der Waals surface area contributed by atoms with Gasteiger partial charge in [0.2, 0.25) is 0 Å². The minimum Gasteiger partial charge on any atom is -0.375 e. The summed E-state index contributed by atoms with van der Waals surface area (Å²) in [5.41, 5.74) is 7.66. The van der Waals surface area contributed by atoms with Gasteiger partial charge < -0.3 is 16.4 Å². The molecule has 0 aliphatic carbocycles. The van der Waals surface area contributed by atoms with Crippen LogP contribution in [0.3, 0.4) is 0 Å². The molecule has 0 saturated carbocycles. The van der Waals surface area contributed by atoms with Gasteiger partial charge >= 0.3 is 0 Å². The molecule has 4 N–H and O–H groups in total. The Kier molecular flexibility index (Phi) is 3.26. The van der Waals surface area contributed by atoms with Crippen molar-refractivity contribution in [3.63, 3.8) is 0 Å². The van der Waals surface area contributed by atoms with Crippen LogP contribution < -0.4 is 16.4 Å². The van der Waals surface area contributed by atoms with Crippen molar-refractivity contribution < 1.29 is 0 Å². The number of nitrogens with zero attached hydrogens (tertiary/aromatic N) is 1. The first kappa shape index (κ1) is 12.6. The maximum absolute atomic E-state index is 5.76. The second-order valence-corrected chi connectivity index (χ2v) is 6.56. The van der Waals surface area contributed by atoms with Crippen LogP contribution in [0.25, 0.3) is 5.70 Å². The molecule has 0 saturated heterocycles. The Morgan fingerprint density at radius 3 is 2.95 bits per heavy atom. The van der Waals surface area contributed by atoms with Gasteiger partial charge in [-0.05, 0) is 36.7 Å². The lowest BCUT2D eigenvalue weighted by Crippen LogP contribution is -2.40. The maximum atomic E-state index is 5.76. The summed E-state index contributed by atoms with van der Waals surface area (Å²) < 4.78 is 0. The van der Waals surface area contributed by atoms with Gasteiger partial charge in [0.15, 0.2) is 10.2 Å². The van der Waals surface area contributed by atoms with Gasteiger partial charge in [0, 0.05) is 4.88 Å². The number of anilines is 1. The average Bonchev–Trinajstić information content (AvgIpc) is 2.98. The molecular weight excluding hydrogens is 296 g/mol. The van der Waals surface area contributed by atoms with Crippen molar-refractivity contribution in [1.29, 1.82) is 0 Å². The number of aromatic nitrogens is 1.